The quantitative estimate of drug-likeness (QED) is 0.905. The Morgan fingerprint density at radius 2 is 2.14 bits per heavy atom. The Hall–Kier alpha value is -0.650. The van der Waals surface area contributed by atoms with Gasteiger partial charge in [0.05, 0.1) is 5.69 Å². The molecular weight excluding hydrogens is 280 g/mol. The van der Waals surface area contributed by atoms with Crippen molar-refractivity contribution in [1.82, 2.24) is 15.2 Å². The second-order valence-electron chi connectivity index (χ2n) is 6.64. The first-order valence-electron chi connectivity index (χ1n) is 8.54. The monoisotopic (exact) mass is 306 g/mol. The third-order valence-corrected chi connectivity index (χ3v) is 6.21. The van der Waals surface area contributed by atoms with Gasteiger partial charge in [0.1, 0.15) is 0 Å². The highest BCUT2D eigenvalue weighted by Crippen LogP contribution is 2.44. The molecule has 0 bridgehead atoms. The molecule has 3 aliphatic rings. The molecule has 0 radical (unpaired) electrons. The maximum atomic E-state index is 5.05. The van der Waals surface area contributed by atoms with Gasteiger partial charge < -0.3 is 10.2 Å². The third-order valence-electron chi connectivity index (χ3n) is 5.07. The molecule has 1 unspecified atom stereocenters. The van der Waals surface area contributed by atoms with Crippen molar-refractivity contribution in [3.05, 3.63) is 10.6 Å². The van der Waals surface area contributed by atoms with E-state index in [0.717, 1.165) is 31.6 Å². The Kier molecular flexibility index (Phi) is 3.90. The molecule has 5 heteroatoms. The van der Waals surface area contributed by atoms with Crippen molar-refractivity contribution in [2.75, 3.05) is 37.6 Å². The summed E-state index contributed by atoms with van der Waals surface area (Å²) in [7, 11) is 0. The first kappa shape index (κ1) is 14.0. The van der Waals surface area contributed by atoms with Crippen LogP contribution in [0.5, 0.6) is 0 Å². The topological polar surface area (TPSA) is 31.4 Å². The van der Waals surface area contributed by atoms with Crippen LogP contribution in [0.15, 0.2) is 0 Å². The van der Waals surface area contributed by atoms with Gasteiger partial charge in [-0.3, -0.25) is 4.90 Å². The summed E-state index contributed by atoms with van der Waals surface area (Å²) >= 11 is 1.94. The van der Waals surface area contributed by atoms with Crippen LogP contribution in [-0.4, -0.2) is 48.6 Å². The fraction of sp³-hybridized carbons (Fsp3) is 0.812. The van der Waals surface area contributed by atoms with E-state index in [1.807, 2.05) is 11.3 Å². The van der Waals surface area contributed by atoms with Crippen molar-refractivity contribution in [2.45, 2.75) is 51.1 Å². The SMILES string of the molecule is CCNCc1sc(N2CCN3CCCC3C2)nc1C1CC1. The minimum absolute atomic E-state index is 0.761. The van der Waals surface area contributed by atoms with Crippen LogP contribution in [0.3, 0.4) is 0 Å². The van der Waals surface area contributed by atoms with Crippen LogP contribution in [0.1, 0.15) is 49.1 Å². The zero-order valence-electron chi connectivity index (χ0n) is 13.0. The average Bonchev–Trinajstić information content (AvgIpc) is 3.10. The van der Waals surface area contributed by atoms with Gasteiger partial charge in [-0.1, -0.05) is 6.92 Å². The van der Waals surface area contributed by atoms with Gasteiger partial charge >= 0.3 is 0 Å². The third kappa shape index (κ3) is 2.83. The van der Waals surface area contributed by atoms with Crippen LogP contribution in [0.25, 0.3) is 0 Å². The second-order valence-corrected chi connectivity index (χ2v) is 7.70. The van der Waals surface area contributed by atoms with Gasteiger partial charge in [0.15, 0.2) is 5.13 Å². The maximum Gasteiger partial charge on any atom is 0.185 e. The summed E-state index contributed by atoms with van der Waals surface area (Å²) in [6, 6.07) is 0.782. The van der Waals surface area contributed by atoms with E-state index in [2.05, 4.69) is 22.0 Å². The molecule has 116 valence electrons. The molecule has 1 atom stereocenters. The molecule has 1 aromatic rings. The highest BCUT2D eigenvalue weighted by Gasteiger charge is 2.34. The van der Waals surface area contributed by atoms with E-state index < -0.39 is 0 Å². The molecule has 1 aliphatic carbocycles. The number of nitrogens with one attached hydrogen (secondary N) is 1. The lowest BCUT2D eigenvalue weighted by Crippen LogP contribution is -2.50. The summed E-state index contributed by atoms with van der Waals surface area (Å²) in [5.41, 5.74) is 1.41. The van der Waals surface area contributed by atoms with Gasteiger partial charge in [0.2, 0.25) is 0 Å². The van der Waals surface area contributed by atoms with Crippen LogP contribution in [0, 0.1) is 0 Å². The van der Waals surface area contributed by atoms with Gasteiger partial charge in [-0.25, -0.2) is 4.98 Å². The molecule has 0 aromatic carbocycles. The molecule has 1 saturated carbocycles. The van der Waals surface area contributed by atoms with Gasteiger partial charge in [-0.05, 0) is 38.8 Å². The van der Waals surface area contributed by atoms with E-state index in [4.69, 9.17) is 4.98 Å². The second kappa shape index (κ2) is 5.86. The van der Waals surface area contributed by atoms with Gasteiger partial charge in [-0.15, -0.1) is 11.3 Å². The predicted octanol–water partition coefficient (Wildman–Crippen LogP) is 2.41. The van der Waals surface area contributed by atoms with E-state index in [9.17, 15) is 0 Å². The summed E-state index contributed by atoms with van der Waals surface area (Å²) in [5, 5.41) is 4.77. The van der Waals surface area contributed by atoms with E-state index >= 15 is 0 Å². The summed E-state index contributed by atoms with van der Waals surface area (Å²) in [4.78, 5) is 11.8. The van der Waals surface area contributed by atoms with E-state index in [0.29, 0.717) is 0 Å². The Morgan fingerprint density at radius 1 is 1.24 bits per heavy atom. The molecular formula is C16H26N4S. The summed E-state index contributed by atoms with van der Waals surface area (Å²) in [6.45, 7) is 9.12. The lowest BCUT2D eigenvalue weighted by atomic mass is 10.2. The van der Waals surface area contributed by atoms with E-state index in [1.54, 1.807) is 0 Å². The Balaban J connectivity index is 1.51. The average molecular weight is 306 g/mol. The molecule has 1 aromatic heterocycles. The van der Waals surface area contributed by atoms with Crippen LogP contribution < -0.4 is 10.2 Å². The highest BCUT2D eigenvalue weighted by molar-refractivity contribution is 7.15. The number of fused-ring (bicyclic) bond motifs is 1. The molecule has 4 nitrogen and oxygen atoms in total. The van der Waals surface area contributed by atoms with Crippen LogP contribution in [0.2, 0.25) is 0 Å². The molecule has 21 heavy (non-hydrogen) atoms. The van der Waals surface area contributed by atoms with Crippen molar-refractivity contribution in [3.8, 4) is 0 Å². The van der Waals surface area contributed by atoms with Crippen molar-refractivity contribution >= 4 is 16.5 Å². The summed E-state index contributed by atoms with van der Waals surface area (Å²) in [5.74, 6) is 0.761. The van der Waals surface area contributed by atoms with Crippen molar-refractivity contribution < 1.29 is 0 Å². The molecule has 1 N–H and O–H groups in total. The number of anilines is 1. The molecule has 2 aliphatic heterocycles. The van der Waals surface area contributed by atoms with E-state index in [-0.39, 0.29) is 0 Å². The minimum Gasteiger partial charge on any atom is -0.345 e. The van der Waals surface area contributed by atoms with Gasteiger partial charge in [-0.2, -0.15) is 0 Å². The van der Waals surface area contributed by atoms with Crippen LogP contribution in [0.4, 0.5) is 5.13 Å². The Morgan fingerprint density at radius 3 is 2.95 bits per heavy atom. The Labute approximate surface area is 131 Å². The highest BCUT2D eigenvalue weighted by atomic mass is 32.1. The zero-order valence-corrected chi connectivity index (χ0v) is 13.8. The zero-order chi connectivity index (χ0) is 14.2. The molecule has 0 amide bonds. The summed E-state index contributed by atoms with van der Waals surface area (Å²) < 4.78 is 0. The van der Waals surface area contributed by atoms with Crippen molar-refractivity contribution in [3.63, 3.8) is 0 Å². The Bertz CT molecular complexity index is 496. The fourth-order valence-corrected chi connectivity index (χ4v) is 4.84. The lowest BCUT2D eigenvalue weighted by Gasteiger charge is -2.37. The van der Waals surface area contributed by atoms with Crippen molar-refractivity contribution in [1.29, 1.82) is 0 Å². The number of hydrogen-bond donors (Lipinski definition) is 1. The first-order valence-corrected chi connectivity index (χ1v) is 9.36. The number of rotatable bonds is 5. The lowest BCUT2D eigenvalue weighted by molar-refractivity contribution is 0.231. The smallest absolute Gasteiger partial charge is 0.185 e. The normalized spacial score (nSPS) is 26.3. The molecule has 3 heterocycles. The summed E-state index contributed by atoms with van der Waals surface area (Å²) in [6.07, 6.45) is 5.45. The van der Waals surface area contributed by atoms with E-state index in [1.165, 1.54) is 61.0 Å². The largest absolute Gasteiger partial charge is 0.345 e. The first-order chi connectivity index (χ1) is 10.3. The molecule has 4 rings (SSSR count). The molecule has 2 saturated heterocycles. The number of hydrogen-bond acceptors (Lipinski definition) is 5. The maximum absolute atomic E-state index is 5.05. The minimum atomic E-state index is 0.761. The standard InChI is InChI=1S/C16H26N4S/c1-2-17-10-14-15(12-5-6-12)18-16(21-14)20-9-8-19-7-3-4-13(19)11-20/h12-13,17H,2-11H2,1H3. The van der Waals surface area contributed by atoms with Crippen LogP contribution >= 0.6 is 11.3 Å². The number of thiazole rings is 1. The fourth-order valence-electron chi connectivity index (χ4n) is 3.69. The van der Waals surface area contributed by atoms with Gasteiger partial charge in [0, 0.05) is 43.0 Å². The number of piperazine rings is 1. The van der Waals surface area contributed by atoms with Gasteiger partial charge in [0.25, 0.3) is 0 Å². The number of nitrogens with zero attached hydrogens (tertiary/aromatic N) is 3. The van der Waals surface area contributed by atoms with Crippen molar-refractivity contribution in [2.24, 2.45) is 0 Å². The predicted molar refractivity (Wildman–Crippen MR) is 88.3 cm³/mol. The number of aromatic nitrogens is 1. The molecule has 3 fully saturated rings. The van der Waals surface area contributed by atoms with Crippen LogP contribution in [-0.2, 0) is 6.54 Å². The molecule has 0 spiro atoms.